The Morgan fingerprint density at radius 2 is 1.53 bits per heavy atom. The summed E-state index contributed by atoms with van der Waals surface area (Å²) in [5.74, 6) is 0. The van der Waals surface area contributed by atoms with Crippen molar-refractivity contribution < 1.29 is 9.47 Å². The number of para-hydroxylation sites is 4. The van der Waals surface area contributed by atoms with Gasteiger partial charge in [0.2, 0.25) is 0 Å². The van der Waals surface area contributed by atoms with Crippen LogP contribution in [0.3, 0.4) is 0 Å². The van der Waals surface area contributed by atoms with Gasteiger partial charge < -0.3 is 19.4 Å². The Kier molecular flexibility index (Phi) is 6.33. The van der Waals surface area contributed by atoms with Gasteiger partial charge in [0.05, 0.1) is 40.0 Å². The van der Waals surface area contributed by atoms with Gasteiger partial charge in [-0.3, -0.25) is 4.99 Å². The van der Waals surface area contributed by atoms with E-state index < -0.39 is 6.29 Å². The van der Waals surface area contributed by atoms with Crippen LogP contribution in [-0.4, -0.2) is 36.6 Å². The lowest BCUT2D eigenvalue weighted by Crippen LogP contribution is -2.21. The molecule has 0 aromatic heterocycles. The standard InChI is InChI=1S/C28H26N4O2/c1-33-28(34-2)19-29-23-18-27-25(17-24(23)30-20-11-5-3-6-12-20)31-22-15-9-10-16-26(22)32(27)21-13-7-4-8-14-21/h3-18,28,30H,19H2,1-2H3. The lowest BCUT2D eigenvalue weighted by atomic mass is 10.1. The van der Waals surface area contributed by atoms with Gasteiger partial charge in [-0.05, 0) is 48.5 Å². The number of hydrogen-bond acceptors (Lipinski definition) is 5. The van der Waals surface area contributed by atoms with Gasteiger partial charge in [-0.25, -0.2) is 4.98 Å². The first-order valence-corrected chi connectivity index (χ1v) is 11.2. The summed E-state index contributed by atoms with van der Waals surface area (Å²) >= 11 is 0. The maximum absolute atomic E-state index is 5.36. The van der Waals surface area contributed by atoms with Crippen molar-refractivity contribution in [1.29, 1.82) is 0 Å². The maximum atomic E-state index is 5.36. The minimum atomic E-state index is -0.420. The highest BCUT2D eigenvalue weighted by Gasteiger charge is 2.16. The smallest absolute Gasteiger partial charge is 0.176 e. The van der Waals surface area contributed by atoms with Crippen molar-refractivity contribution in [1.82, 2.24) is 9.55 Å². The van der Waals surface area contributed by atoms with Crippen molar-refractivity contribution in [2.24, 2.45) is 4.99 Å². The number of nitrogens with one attached hydrogen (secondary N) is 1. The SMILES string of the molecule is COC(CN=c1cc2n(-c3ccccc3)c3ccccc3nc-2cc1Nc1ccccc1)OC. The topological polar surface area (TPSA) is 60.7 Å². The number of nitrogens with zero attached hydrogens (tertiary/aromatic N) is 3. The van der Waals surface area contributed by atoms with Crippen LogP contribution in [0.25, 0.3) is 28.1 Å². The van der Waals surface area contributed by atoms with E-state index in [2.05, 4.69) is 40.2 Å². The van der Waals surface area contributed by atoms with E-state index in [1.165, 1.54) is 0 Å². The third-order valence-electron chi connectivity index (χ3n) is 5.70. The largest absolute Gasteiger partial charge is 0.354 e. The molecule has 0 saturated carbocycles. The molecule has 0 radical (unpaired) electrons. The maximum Gasteiger partial charge on any atom is 0.176 e. The van der Waals surface area contributed by atoms with Crippen molar-refractivity contribution in [2.45, 2.75) is 6.29 Å². The second-order valence-electron chi connectivity index (χ2n) is 7.86. The number of hydrogen-bond donors (Lipinski definition) is 1. The summed E-state index contributed by atoms with van der Waals surface area (Å²) in [7, 11) is 3.24. The molecule has 0 unspecified atom stereocenters. The fraction of sp³-hybridized carbons (Fsp3) is 0.143. The number of rotatable bonds is 7. The number of fused-ring (bicyclic) bond motifs is 2. The highest BCUT2D eigenvalue weighted by molar-refractivity contribution is 5.84. The monoisotopic (exact) mass is 450 g/mol. The van der Waals surface area contributed by atoms with E-state index in [1.54, 1.807) is 14.2 Å². The summed E-state index contributed by atoms with van der Waals surface area (Å²) in [6.07, 6.45) is -0.420. The number of methoxy groups -OCH3 is 2. The molecule has 1 N–H and O–H groups in total. The molecule has 170 valence electrons. The Labute approximate surface area is 198 Å². The Morgan fingerprint density at radius 1 is 0.853 bits per heavy atom. The van der Waals surface area contributed by atoms with Crippen molar-refractivity contribution in [3.63, 3.8) is 0 Å². The summed E-state index contributed by atoms with van der Waals surface area (Å²) in [6, 6.07) is 32.7. The van der Waals surface area contributed by atoms with Crippen molar-refractivity contribution in [2.75, 3.05) is 26.1 Å². The van der Waals surface area contributed by atoms with Gasteiger partial charge in [0.15, 0.2) is 6.29 Å². The fourth-order valence-electron chi connectivity index (χ4n) is 4.02. The van der Waals surface area contributed by atoms with Crippen LogP contribution in [0.5, 0.6) is 0 Å². The van der Waals surface area contributed by atoms with Gasteiger partial charge >= 0.3 is 0 Å². The highest BCUT2D eigenvalue weighted by Crippen LogP contribution is 2.30. The van der Waals surface area contributed by atoms with Gasteiger partial charge in [-0.1, -0.05) is 48.5 Å². The number of anilines is 2. The van der Waals surface area contributed by atoms with Crippen LogP contribution in [0.2, 0.25) is 0 Å². The molecule has 1 aliphatic carbocycles. The minimum Gasteiger partial charge on any atom is -0.354 e. The Balaban J connectivity index is 1.78. The normalized spacial score (nSPS) is 12.0. The molecule has 0 saturated heterocycles. The van der Waals surface area contributed by atoms with Gasteiger partial charge in [0.1, 0.15) is 0 Å². The van der Waals surface area contributed by atoms with Crippen LogP contribution in [0.1, 0.15) is 0 Å². The zero-order chi connectivity index (χ0) is 23.3. The summed E-state index contributed by atoms with van der Waals surface area (Å²) in [5, 5.41) is 4.31. The molecular formula is C28H26N4O2. The highest BCUT2D eigenvalue weighted by atomic mass is 16.7. The van der Waals surface area contributed by atoms with E-state index in [9.17, 15) is 0 Å². The molecule has 1 aliphatic heterocycles. The average molecular weight is 451 g/mol. The van der Waals surface area contributed by atoms with Crippen LogP contribution < -0.4 is 10.7 Å². The lowest BCUT2D eigenvalue weighted by Gasteiger charge is -2.20. The van der Waals surface area contributed by atoms with E-state index >= 15 is 0 Å². The Morgan fingerprint density at radius 3 is 2.26 bits per heavy atom. The molecular weight excluding hydrogens is 424 g/mol. The third-order valence-corrected chi connectivity index (χ3v) is 5.70. The summed E-state index contributed by atoms with van der Waals surface area (Å²) in [5.41, 5.74) is 6.70. The molecule has 0 spiro atoms. The first kappa shape index (κ1) is 21.8. The molecule has 0 fully saturated rings. The fourth-order valence-corrected chi connectivity index (χ4v) is 4.02. The zero-order valence-corrected chi connectivity index (χ0v) is 19.2. The summed E-state index contributed by atoms with van der Waals surface area (Å²) in [6.45, 7) is 0.369. The molecule has 0 bridgehead atoms. The van der Waals surface area contributed by atoms with Crippen LogP contribution in [0.15, 0.2) is 102 Å². The first-order chi connectivity index (χ1) is 16.8. The molecule has 6 nitrogen and oxygen atoms in total. The summed E-state index contributed by atoms with van der Waals surface area (Å²) < 4.78 is 13.0. The van der Waals surface area contributed by atoms with E-state index in [1.807, 2.05) is 66.7 Å². The minimum absolute atomic E-state index is 0.369. The second-order valence-corrected chi connectivity index (χ2v) is 7.86. The van der Waals surface area contributed by atoms with Crippen LogP contribution >= 0.6 is 0 Å². The van der Waals surface area contributed by atoms with Crippen LogP contribution in [-0.2, 0) is 9.47 Å². The number of benzene rings is 4. The molecule has 3 aromatic rings. The molecule has 0 atom stereocenters. The molecule has 3 aromatic carbocycles. The van der Waals surface area contributed by atoms with Gasteiger partial charge in [-0.15, -0.1) is 0 Å². The average Bonchev–Trinajstić information content (AvgIpc) is 2.89. The molecule has 0 amide bonds. The van der Waals surface area contributed by atoms with Crippen molar-refractivity contribution in [3.05, 3.63) is 102 Å². The molecule has 6 heteroatoms. The van der Waals surface area contributed by atoms with Crippen molar-refractivity contribution in [3.8, 4) is 17.1 Å². The zero-order valence-electron chi connectivity index (χ0n) is 19.2. The van der Waals surface area contributed by atoms with Gasteiger partial charge in [0.25, 0.3) is 0 Å². The lowest BCUT2D eigenvalue weighted by molar-refractivity contribution is -0.0940. The Bertz CT molecular complexity index is 1430. The first-order valence-electron chi connectivity index (χ1n) is 11.2. The van der Waals surface area contributed by atoms with Gasteiger partial charge in [-0.2, -0.15) is 0 Å². The Hall–Kier alpha value is -4.00. The van der Waals surface area contributed by atoms with E-state index in [0.29, 0.717) is 6.54 Å². The van der Waals surface area contributed by atoms with E-state index in [0.717, 1.165) is 44.8 Å². The van der Waals surface area contributed by atoms with E-state index in [-0.39, 0.29) is 0 Å². The van der Waals surface area contributed by atoms with E-state index in [4.69, 9.17) is 19.5 Å². The van der Waals surface area contributed by atoms with Crippen LogP contribution in [0.4, 0.5) is 11.4 Å². The third kappa shape index (κ3) is 4.41. The second kappa shape index (κ2) is 9.87. The molecule has 5 rings (SSSR count). The summed E-state index contributed by atoms with van der Waals surface area (Å²) in [4.78, 5) is 9.84. The number of ether oxygens (including phenoxy) is 2. The molecule has 2 aliphatic rings. The van der Waals surface area contributed by atoms with Gasteiger partial charge in [0, 0.05) is 25.6 Å². The molecule has 1 heterocycles. The van der Waals surface area contributed by atoms with Crippen LogP contribution in [0, 0.1) is 0 Å². The predicted octanol–water partition coefficient (Wildman–Crippen LogP) is 5.39. The quantitative estimate of drug-likeness (QED) is 0.267. The molecule has 34 heavy (non-hydrogen) atoms. The number of aromatic nitrogens is 2. The predicted molar refractivity (Wildman–Crippen MR) is 136 cm³/mol. The van der Waals surface area contributed by atoms with Crippen molar-refractivity contribution >= 4 is 22.4 Å².